The van der Waals surface area contributed by atoms with Crippen molar-refractivity contribution in [2.75, 3.05) is 39.3 Å². The first-order chi connectivity index (χ1) is 6.65. The van der Waals surface area contributed by atoms with E-state index >= 15 is 0 Å². The number of aliphatic hydroxyl groups excluding tert-OH is 1. The minimum absolute atomic E-state index is 0.154. The highest BCUT2D eigenvalue weighted by Crippen LogP contribution is 2.09. The molecule has 0 bridgehead atoms. The molecule has 1 fully saturated rings. The van der Waals surface area contributed by atoms with Crippen molar-refractivity contribution >= 4 is 29.1 Å². The molecular formula is C8H14Cl2N2O2. The maximum Gasteiger partial charge on any atom is 0.255 e. The van der Waals surface area contributed by atoms with Crippen molar-refractivity contribution in [3.8, 4) is 0 Å². The van der Waals surface area contributed by atoms with Crippen LogP contribution in [0, 0.1) is 0 Å². The summed E-state index contributed by atoms with van der Waals surface area (Å²) in [6.45, 7) is 3.62. The van der Waals surface area contributed by atoms with Crippen molar-refractivity contribution < 1.29 is 9.90 Å². The molecule has 0 radical (unpaired) electrons. The van der Waals surface area contributed by atoms with Crippen LogP contribution in [0.25, 0.3) is 0 Å². The van der Waals surface area contributed by atoms with Gasteiger partial charge in [0.15, 0.2) is 4.84 Å². The Morgan fingerprint density at radius 1 is 1.29 bits per heavy atom. The number of hydrogen-bond acceptors (Lipinski definition) is 3. The third-order valence-electron chi connectivity index (χ3n) is 2.29. The maximum atomic E-state index is 11.4. The molecular weight excluding hydrogens is 227 g/mol. The van der Waals surface area contributed by atoms with E-state index in [9.17, 15) is 4.79 Å². The Kier molecular flexibility index (Phi) is 4.95. The molecule has 0 saturated carbocycles. The molecule has 82 valence electrons. The van der Waals surface area contributed by atoms with Crippen molar-refractivity contribution in [1.82, 2.24) is 9.80 Å². The fourth-order valence-corrected chi connectivity index (χ4v) is 1.75. The van der Waals surface area contributed by atoms with Gasteiger partial charge in [-0.25, -0.2) is 0 Å². The second-order valence-corrected chi connectivity index (χ2v) is 4.29. The molecule has 6 heteroatoms. The fraction of sp³-hybridized carbons (Fsp3) is 0.875. The largest absolute Gasteiger partial charge is 0.395 e. The molecule has 1 aliphatic rings. The minimum Gasteiger partial charge on any atom is -0.395 e. The number of nitrogens with zero attached hydrogens (tertiary/aromatic N) is 2. The highest BCUT2D eigenvalue weighted by molar-refractivity contribution is 6.53. The molecule has 0 aromatic heterocycles. The lowest BCUT2D eigenvalue weighted by molar-refractivity contribution is -0.131. The van der Waals surface area contributed by atoms with Crippen LogP contribution in [0.1, 0.15) is 0 Å². The maximum absolute atomic E-state index is 11.4. The van der Waals surface area contributed by atoms with E-state index in [0.29, 0.717) is 19.6 Å². The predicted octanol–water partition coefficient (Wildman–Crippen LogP) is -0.0734. The minimum atomic E-state index is -0.959. The van der Waals surface area contributed by atoms with Gasteiger partial charge in [-0.15, -0.1) is 0 Å². The van der Waals surface area contributed by atoms with Gasteiger partial charge >= 0.3 is 0 Å². The molecule has 1 saturated heterocycles. The summed E-state index contributed by atoms with van der Waals surface area (Å²) in [5.41, 5.74) is 0. The lowest BCUT2D eigenvalue weighted by Gasteiger charge is -2.34. The number of amides is 1. The van der Waals surface area contributed by atoms with E-state index in [0.717, 1.165) is 13.1 Å². The van der Waals surface area contributed by atoms with Gasteiger partial charge in [-0.3, -0.25) is 9.69 Å². The predicted molar refractivity (Wildman–Crippen MR) is 55.6 cm³/mol. The smallest absolute Gasteiger partial charge is 0.255 e. The van der Waals surface area contributed by atoms with Crippen LogP contribution >= 0.6 is 23.2 Å². The summed E-state index contributed by atoms with van der Waals surface area (Å²) in [4.78, 5) is 14.1. The van der Waals surface area contributed by atoms with E-state index in [1.165, 1.54) is 0 Å². The summed E-state index contributed by atoms with van der Waals surface area (Å²) < 4.78 is 0. The fourth-order valence-electron chi connectivity index (χ4n) is 1.47. The molecule has 0 aromatic carbocycles. The van der Waals surface area contributed by atoms with Crippen molar-refractivity contribution in [2.24, 2.45) is 0 Å². The molecule has 1 heterocycles. The van der Waals surface area contributed by atoms with Gasteiger partial charge in [-0.1, -0.05) is 23.2 Å². The van der Waals surface area contributed by atoms with E-state index in [1.807, 2.05) is 0 Å². The zero-order chi connectivity index (χ0) is 10.6. The number of aliphatic hydroxyl groups is 1. The van der Waals surface area contributed by atoms with E-state index in [2.05, 4.69) is 4.90 Å². The Bertz CT molecular complexity index is 194. The van der Waals surface area contributed by atoms with Crippen LogP contribution in [0.15, 0.2) is 0 Å². The quantitative estimate of drug-likeness (QED) is 0.703. The summed E-state index contributed by atoms with van der Waals surface area (Å²) in [6, 6.07) is 0. The summed E-state index contributed by atoms with van der Waals surface area (Å²) in [6.07, 6.45) is 0. The zero-order valence-corrected chi connectivity index (χ0v) is 9.34. The Balaban J connectivity index is 2.32. The lowest BCUT2D eigenvalue weighted by atomic mass is 10.3. The van der Waals surface area contributed by atoms with Crippen LogP contribution in [-0.2, 0) is 4.79 Å². The normalized spacial score (nSPS) is 19.0. The summed E-state index contributed by atoms with van der Waals surface area (Å²) >= 11 is 11.0. The molecule has 1 amide bonds. The number of halogens is 2. The molecule has 0 aliphatic carbocycles. The van der Waals surface area contributed by atoms with Crippen LogP contribution in [0.4, 0.5) is 0 Å². The lowest BCUT2D eigenvalue weighted by Crippen LogP contribution is -2.50. The van der Waals surface area contributed by atoms with Gasteiger partial charge in [0, 0.05) is 32.7 Å². The zero-order valence-electron chi connectivity index (χ0n) is 7.83. The number of piperazine rings is 1. The first-order valence-corrected chi connectivity index (χ1v) is 5.42. The standard InChI is InChI=1S/C8H14Cl2N2O2/c9-7(10)8(14)12-3-1-11(2-4-12)5-6-13/h7,13H,1-6H2. The molecule has 14 heavy (non-hydrogen) atoms. The average Bonchev–Trinajstić information content (AvgIpc) is 2.18. The van der Waals surface area contributed by atoms with Gasteiger partial charge in [-0.2, -0.15) is 0 Å². The molecule has 0 spiro atoms. The molecule has 0 aromatic rings. The van der Waals surface area contributed by atoms with Crippen molar-refractivity contribution in [3.05, 3.63) is 0 Å². The van der Waals surface area contributed by atoms with Crippen LogP contribution in [-0.4, -0.2) is 65.0 Å². The van der Waals surface area contributed by atoms with Crippen LogP contribution in [0.3, 0.4) is 0 Å². The van der Waals surface area contributed by atoms with Crippen molar-refractivity contribution in [3.63, 3.8) is 0 Å². The van der Waals surface area contributed by atoms with Gasteiger partial charge in [0.1, 0.15) is 0 Å². The highest BCUT2D eigenvalue weighted by Gasteiger charge is 2.24. The van der Waals surface area contributed by atoms with Crippen molar-refractivity contribution in [2.45, 2.75) is 4.84 Å². The number of rotatable bonds is 3. The van der Waals surface area contributed by atoms with E-state index < -0.39 is 4.84 Å². The third-order valence-corrected chi connectivity index (χ3v) is 2.66. The number of β-amino-alcohol motifs (C(OH)–C–C–N with tert-alkyl or cyclic N) is 1. The number of alkyl halides is 2. The number of hydrogen-bond donors (Lipinski definition) is 1. The van der Waals surface area contributed by atoms with E-state index in [1.54, 1.807) is 4.90 Å². The molecule has 1 aliphatic heterocycles. The summed E-state index contributed by atoms with van der Waals surface area (Å²) in [5, 5.41) is 8.72. The van der Waals surface area contributed by atoms with Crippen LogP contribution in [0.2, 0.25) is 0 Å². The monoisotopic (exact) mass is 240 g/mol. The van der Waals surface area contributed by atoms with Crippen LogP contribution in [0.5, 0.6) is 0 Å². The van der Waals surface area contributed by atoms with Crippen molar-refractivity contribution in [1.29, 1.82) is 0 Å². The first kappa shape index (κ1) is 12.0. The Morgan fingerprint density at radius 3 is 2.29 bits per heavy atom. The molecule has 0 atom stereocenters. The second kappa shape index (κ2) is 5.75. The Labute approximate surface area is 93.4 Å². The molecule has 4 nitrogen and oxygen atoms in total. The topological polar surface area (TPSA) is 43.8 Å². The third kappa shape index (κ3) is 3.28. The number of carbonyl (C=O) groups excluding carboxylic acids is 1. The Hall–Kier alpha value is -0.0300. The van der Waals surface area contributed by atoms with Gasteiger partial charge in [0.05, 0.1) is 6.61 Å². The van der Waals surface area contributed by atoms with E-state index in [4.69, 9.17) is 28.3 Å². The van der Waals surface area contributed by atoms with Crippen LogP contribution < -0.4 is 0 Å². The SMILES string of the molecule is O=C(C(Cl)Cl)N1CCN(CCO)CC1. The van der Waals surface area contributed by atoms with Gasteiger partial charge in [0.2, 0.25) is 0 Å². The number of carbonyl (C=O) groups is 1. The Morgan fingerprint density at radius 2 is 1.86 bits per heavy atom. The summed E-state index contributed by atoms with van der Waals surface area (Å²) in [5.74, 6) is -0.225. The summed E-state index contributed by atoms with van der Waals surface area (Å²) in [7, 11) is 0. The van der Waals surface area contributed by atoms with E-state index in [-0.39, 0.29) is 12.5 Å². The van der Waals surface area contributed by atoms with Gasteiger partial charge in [0.25, 0.3) is 5.91 Å². The van der Waals surface area contributed by atoms with Gasteiger partial charge in [-0.05, 0) is 0 Å². The average molecular weight is 241 g/mol. The first-order valence-electron chi connectivity index (χ1n) is 4.55. The second-order valence-electron chi connectivity index (χ2n) is 3.19. The van der Waals surface area contributed by atoms with Gasteiger partial charge < -0.3 is 10.0 Å². The molecule has 0 unspecified atom stereocenters. The highest BCUT2D eigenvalue weighted by atomic mass is 35.5. The molecule has 1 rings (SSSR count). The molecule has 1 N–H and O–H groups in total.